The van der Waals surface area contributed by atoms with Gasteiger partial charge < -0.3 is 24.5 Å². The van der Waals surface area contributed by atoms with Crippen LogP contribution in [0.3, 0.4) is 0 Å². The lowest BCUT2D eigenvalue weighted by Gasteiger charge is -2.42. The van der Waals surface area contributed by atoms with Gasteiger partial charge in [0, 0.05) is 24.9 Å². The molecular weight excluding hydrogens is 551 g/mol. The molecule has 0 spiro atoms. The molecule has 0 heterocycles. The standard InChI is InChI=1S/C17H28NO4P.C16H25NO2/c1-17(11-5-4-6-12-17)16(13-18(2)3)14-7-9-15(10-8-14)22-23(19,20)21;1-17(2)12-15(13-6-8-14(18)9-7-13)16(19)10-4-3-5-11-16/h7-10,16H,4-6,11-13H2,1-3H3,(H2,19,20,21);6-9,15,18-19H,3-5,10-12H2,1-2H3. The van der Waals surface area contributed by atoms with E-state index in [0.29, 0.717) is 5.92 Å². The molecule has 42 heavy (non-hydrogen) atoms. The normalized spacial score (nSPS) is 20.0. The van der Waals surface area contributed by atoms with E-state index < -0.39 is 13.4 Å². The Labute approximate surface area is 253 Å². The molecule has 0 aromatic heterocycles. The number of rotatable bonds is 10. The Bertz CT molecular complexity index is 1120. The van der Waals surface area contributed by atoms with Crippen molar-refractivity contribution in [2.75, 3.05) is 41.3 Å². The summed E-state index contributed by atoms with van der Waals surface area (Å²) in [5, 5.41) is 20.4. The number of aliphatic hydroxyl groups is 1. The van der Waals surface area contributed by atoms with Crippen molar-refractivity contribution < 1.29 is 29.1 Å². The van der Waals surface area contributed by atoms with E-state index in [9.17, 15) is 14.8 Å². The van der Waals surface area contributed by atoms with Gasteiger partial charge in [0.1, 0.15) is 11.5 Å². The van der Waals surface area contributed by atoms with Gasteiger partial charge in [-0.15, -0.1) is 0 Å². The smallest absolute Gasteiger partial charge is 0.508 e. The van der Waals surface area contributed by atoms with Crippen molar-refractivity contribution in [3.63, 3.8) is 0 Å². The van der Waals surface area contributed by atoms with E-state index in [1.807, 2.05) is 38.4 Å². The van der Waals surface area contributed by atoms with E-state index in [1.54, 1.807) is 24.3 Å². The molecule has 0 radical (unpaired) electrons. The van der Waals surface area contributed by atoms with Crippen LogP contribution < -0.4 is 4.52 Å². The number of phenolic OH excluding ortho intramolecular Hbond substituents is 1. The summed E-state index contributed by atoms with van der Waals surface area (Å²) in [6.07, 6.45) is 11.5. The van der Waals surface area contributed by atoms with Gasteiger partial charge >= 0.3 is 7.82 Å². The van der Waals surface area contributed by atoms with Crippen LogP contribution in [-0.2, 0) is 4.57 Å². The average molecular weight is 605 g/mol. The van der Waals surface area contributed by atoms with Crippen LogP contribution in [0.15, 0.2) is 48.5 Å². The fraction of sp³-hybridized carbons (Fsp3) is 0.636. The zero-order valence-electron chi connectivity index (χ0n) is 26.2. The SMILES string of the molecule is CN(C)CC(c1ccc(O)cc1)C1(O)CCCCC1.CN(C)CC(c1ccc(OP(=O)(O)O)cc1)C1(C)CCCCC1. The van der Waals surface area contributed by atoms with Crippen LogP contribution >= 0.6 is 7.82 Å². The van der Waals surface area contributed by atoms with Gasteiger partial charge in [0.15, 0.2) is 0 Å². The molecule has 0 bridgehead atoms. The van der Waals surface area contributed by atoms with E-state index in [2.05, 4.69) is 35.3 Å². The number of likely N-dealkylation sites (N-methyl/N-ethyl adjacent to an activating group) is 2. The summed E-state index contributed by atoms with van der Waals surface area (Å²) >= 11 is 0. The third-order valence-electron chi connectivity index (χ3n) is 9.10. The lowest BCUT2D eigenvalue weighted by Crippen LogP contribution is -2.42. The zero-order chi connectivity index (χ0) is 31.0. The van der Waals surface area contributed by atoms with Crippen LogP contribution in [-0.4, -0.2) is 76.7 Å². The maximum Gasteiger partial charge on any atom is 0.524 e. The molecule has 2 aromatic rings. The van der Waals surface area contributed by atoms with Crippen LogP contribution in [0.25, 0.3) is 0 Å². The number of phenols is 1. The molecule has 2 fully saturated rings. The van der Waals surface area contributed by atoms with Crippen LogP contribution in [0.2, 0.25) is 0 Å². The number of phosphoric ester groups is 1. The fourth-order valence-electron chi connectivity index (χ4n) is 6.87. The average Bonchev–Trinajstić information content (AvgIpc) is 2.92. The van der Waals surface area contributed by atoms with Gasteiger partial charge in [0.05, 0.1) is 5.60 Å². The minimum absolute atomic E-state index is 0.114. The molecule has 2 unspecified atom stereocenters. The topological polar surface area (TPSA) is 114 Å². The molecule has 2 saturated carbocycles. The summed E-state index contributed by atoms with van der Waals surface area (Å²) in [5.74, 6) is 1.01. The maximum absolute atomic E-state index is 11.0. The molecular formula is C33H53N2O6P. The molecule has 2 aliphatic carbocycles. The first kappa shape index (κ1) is 34.6. The van der Waals surface area contributed by atoms with E-state index >= 15 is 0 Å². The lowest BCUT2D eigenvalue weighted by atomic mass is 9.65. The van der Waals surface area contributed by atoms with Crippen molar-refractivity contribution >= 4 is 7.82 Å². The summed E-state index contributed by atoms with van der Waals surface area (Å²) < 4.78 is 15.6. The second kappa shape index (κ2) is 15.2. The molecule has 9 heteroatoms. The number of phosphoric acid groups is 1. The van der Waals surface area contributed by atoms with E-state index in [0.717, 1.165) is 44.3 Å². The highest BCUT2D eigenvalue weighted by atomic mass is 31.2. The van der Waals surface area contributed by atoms with Crippen LogP contribution in [0, 0.1) is 5.41 Å². The first-order valence-electron chi connectivity index (χ1n) is 15.4. The van der Waals surface area contributed by atoms with Crippen LogP contribution in [0.1, 0.15) is 94.1 Å². The number of benzene rings is 2. The second-order valence-electron chi connectivity index (χ2n) is 13.3. The summed E-state index contributed by atoms with van der Waals surface area (Å²) in [6.45, 7) is 4.18. The highest BCUT2D eigenvalue weighted by Gasteiger charge is 2.39. The predicted molar refractivity (Wildman–Crippen MR) is 169 cm³/mol. The third kappa shape index (κ3) is 10.4. The summed E-state index contributed by atoms with van der Waals surface area (Å²) in [7, 11) is 3.76. The monoisotopic (exact) mass is 604 g/mol. The van der Waals surface area contributed by atoms with Crippen molar-refractivity contribution in [3.8, 4) is 11.5 Å². The predicted octanol–water partition coefficient (Wildman–Crippen LogP) is 6.51. The highest BCUT2D eigenvalue weighted by Crippen LogP contribution is 2.48. The van der Waals surface area contributed by atoms with Gasteiger partial charge in [-0.05, 0) is 94.7 Å². The maximum atomic E-state index is 11.0. The minimum atomic E-state index is -4.50. The molecule has 2 aliphatic rings. The Balaban J connectivity index is 0.000000235. The van der Waals surface area contributed by atoms with Gasteiger partial charge in [0.2, 0.25) is 0 Å². The van der Waals surface area contributed by atoms with Crippen LogP contribution in [0.5, 0.6) is 11.5 Å². The number of hydrogen-bond acceptors (Lipinski definition) is 6. The first-order chi connectivity index (χ1) is 19.7. The largest absolute Gasteiger partial charge is 0.524 e. The number of nitrogens with zero attached hydrogens (tertiary/aromatic N) is 2. The van der Waals surface area contributed by atoms with Gasteiger partial charge in [-0.1, -0.05) is 69.7 Å². The van der Waals surface area contributed by atoms with Gasteiger partial charge in [0.25, 0.3) is 0 Å². The lowest BCUT2D eigenvalue weighted by molar-refractivity contribution is -0.0277. The Hall–Kier alpha value is -1.93. The van der Waals surface area contributed by atoms with Crippen molar-refractivity contribution in [2.24, 2.45) is 5.41 Å². The fourth-order valence-corrected chi connectivity index (χ4v) is 7.27. The van der Waals surface area contributed by atoms with Crippen LogP contribution in [0.4, 0.5) is 0 Å². The zero-order valence-corrected chi connectivity index (χ0v) is 27.1. The van der Waals surface area contributed by atoms with Crippen molar-refractivity contribution in [1.29, 1.82) is 0 Å². The van der Waals surface area contributed by atoms with E-state index in [4.69, 9.17) is 9.79 Å². The van der Waals surface area contributed by atoms with Gasteiger partial charge in [-0.3, -0.25) is 9.79 Å². The second-order valence-corrected chi connectivity index (χ2v) is 14.4. The minimum Gasteiger partial charge on any atom is -0.508 e. The van der Waals surface area contributed by atoms with Crippen molar-refractivity contribution in [2.45, 2.75) is 88.6 Å². The molecule has 0 amide bonds. The molecule has 2 atom stereocenters. The van der Waals surface area contributed by atoms with Gasteiger partial charge in [-0.25, -0.2) is 4.57 Å². The van der Waals surface area contributed by atoms with Gasteiger partial charge in [-0.2, -0.15) is 0 Å². The van der Waals surface area contributed by atoms with E-state index in [-0.39, 0.29) is 22.8 Å². The Morgan fingerprint density at radius 1 is 0.738 bits per heavy atom. The molecule has 2 aromatic carbocycles. The van der Waals surface area contributed by atoms with Crippen molar-refractivity contribution in [1.82, 2.24) is 9.80 Å². The molecule has 0 saturated heterocycles. The third-order valence-corrected chi connectivity index (χ3v) is 9.55. The quantitative estimate of drug-likeness (QED) is 0.227. The Morgan fingerprint density at radius 2 is 1.17 bits per heavy atom. The Kier molecular flexibility index (Phi) is 12.5. The first-order valence-corrected chi connectivity index (χ1v) is 16.9. The molecule has 0 aliphatic heterocycles. The number of hydrogen-bond donors (Lipinski definition) is 4. The molecule has 8 nitrogen and oxygen atoms in total. The molecule has 236 valence electrons. The molecule has 4 N–H and O–H groups in total. The summed E-state index contributed by atoms with van der Waals surface area (Å²) in [6, 6.07) is 14.5. The molecule has 4 rings (SSSR count). The Morgan fingerprint density at radius 3 is 1.64 bits per heavy atom. The number of aromatic hydroxyl groups is 1. The summed E-state index contributed by atoms with van der Waals surface area (Å²) in [4.78, 5) is 22.1. The summed E-state index contributed by atoms with van der Waals surface area (Å²) in [5.41, 5.74) is 2.00. The van der Waals surface area contributed by atoms with E-state index in [1.165, 1.54) is 44.1 Å². The van der Waals surface area contributed by atoms with Crippen molar-refractivity contribution in [3.05, 3.63) is 59.7 Å². The highest BCUT2D eigenvalue weighted by molar-refractivity contribution is 7.46.